The third kappa shape index (κ3) is 3.41. The average molecular weight is 353 g/mol. The molecule has 8 heteroatoms. The molecule has 1 amide bonds. The number of pyridine rings is 1. The summed E-state index contributed by atoms with van der Waals surface area (Å²) in [6, 6.07) is 7.62. The number of hydrogen-bond donors (Lipinski definition) is 2. The standard InChI is InChI=1S/C17H15N5O2S/c1-9(2)24-15-11(7-18)8-20-13-4-3-10(5-12(13)15)6-14-16(23)21-17(22-19)25-14/h3-6,8-9H,19H2,1-2H3,(H,21,22,23). The zero-order valence-corrected chi connectivity index (χ0v) is 14.4. The summed E-state index contributed by atoms with van der Waals surface area (Å²) in [6.07, 6.45) is 3.15. The van der Waals surface area contributed by atoms with Crippen molar-refractivity contribution in [2.45, 2.75) is 20.0 Å². The molecular formula is C17H15N5O2S. The largest absolute Gasteiger partial charge is 0.489 e. The minimum absolute atomic E-state index is 0.0841. The molecule has 1 aromatic heterocycles. The molecule has 0 radical (unpaired) electrons. The highest BCUT2D eigenvalue weighted by atomic mass is 32.2. The van der Waals surface area contributed by atoms with Crippen molar-refractivity contribution < 1.29 is 9.53 Å². The van der Waals surface area contributed by atoms with E-state index in [-0.39, 0.29) is 12.0 Å². The number of carbonyl (C=O) groups excluding carboxylic acids is 1. The van der Waals surface area contributed by atoms with Crippen molar-refractivity contribution >= 4 is 39.8 Å². The Bertz CT molecular complexity index is 959. The molecular weight excluding hydrogens is 338 g/mol. The molecule has 0 spiro atoms. The molecule has 3 N–H and O–H groups in total. The number of aromatic nitrogens is 1. The molecule has 7 nitrogen and oxygen atoms in total. The number of hydrazone groups is 1. The van der Waals surface area contributed by atoms with Crippen LogP contribution in [0.5, 0.6) is 5.75 Å². The fourth-order valence-corrected chi connectivity index (χ4v) is 3.10. The first-order valence-electron chi connectivity index (χ1n) is 7.50. The zero-order valence-electron chi connectivity index (χ0n) is 13.6. The summed E-state index contributed by atoms with van der Waals surface area (Å²) in [6.45, 7) is 3.79. The van der Waals surface area contributed by atoms with Gasteiger partial charge in [-0.15, -0.1) is 0 Å². The van der Waals surface area contributed by atoms with E-state index in [0.717, 1.165) is 10.9 Å². The molecule has 0 atom stereocenters. The summed E-state index contributed by atoms with van der Waals surface area (Å²) in [5.41, 5.74) is 1.87. The van der Waals surface area contributed by atoms with Gasteiger partial charge in [0.25, 0.3) is 5.91 Å². The lowest BCUT2D eigenvalue weighted by atomic mass is 10.1. The van der Waals surface area contributed by atoms with E-state index >= 15 is 0 Å². The van der Waals surface area contributed by atoms with E-state index in [1.807, 2.05) is 32.0 Å². The maximum atomic E-state index is 11.9. The average Bonchev–Trinajstić information content (AvgIpc) is 2.95. The van der Waals surface area contributed by atoms with Gasteiger partial charge in [0, 0.05) is 11.6 Å². The summed E-state index contributed by atoms with van der Waals surface area (Å²) in [5.74, 6) is 5.44. The van der Waals surface area contributed by atoms with E-state index in [9.17, 15) is 10.1 Å². The number of rotatable bonds is 3. The Morgan fingerprint density at radius 2 is 2.28 bits per heavy atom. The number of hydrogen-bond acceptors (Lipinski definition) is 7. The third-order valence-electron chi connectivity index (χ3n) is 3.38. The molecule has 0 aliphatic carbocycles. The van der Waals surface area contributed by atoms with Crippen LogP contribution in [-0.2, 0) is 4.79 Å². The Labute approximate surface area is 148 Å². The Kier molecular flexibility index (Phi) is 4.59. The van der Waals surface area contributed by atoms with E-state index in [1.54, 1.807) is 6.08 Å². The molecule has 0 unspecified atom stereocenters. The molecule has 126 valence electrons. The molecule has 1 saturated heterocycles. The Balaban J connectivity index is 2.10. The third-order valence-corrected chi connectivity index (χ3v) is 4.31. The van der Waals surface area contributed by atoms with Gasteiger partial charge in [-0.3, -0.25) is 15.1 Å². The van der Waals surface area contributed by atoms with E-state index < -0.39 is 0 Å². The Hall–Kier alpha value is -3.05. The first kappa shape index (κ1) is 16.8. The normalized spacial score (nSPS) is 17.3. The van der Waals surface area contributed by atoms with Gasteiger partial charge in [0.1, 0.15) is 17.4 Å². The van der Waals surface area contributed by atoms with Crippen LogP contribution < -0.4 is 15.9 Å². The summed E-state index contributed by atoms with van der Waals surface area (Å²) in [5, 5.41) is 16.5. The summed E-state index contributed by atoms with van der Waals surface area (Å²) < 4.78 is 5.83. The van der Waals surface area contributed by atoms with Crippen molar-refractivity contribution in [1.29, 1.82) is 5.26 Å². The predicted molar refractivity (Wildman–Crippen MR) is 97.6 cm³/mol. The first-order chi connectivity index (χ1) is 12.0. The number of amides is 1. The lowest BCUT2D eigenvalue weighted by Gasteiger charge is -2.14. The SMILES string of the molecule is CC(C)Oc1c(C#N)cnc2ccc(C=C3SC(=NN)NC3=O)cc12. The van der Waals surface area contributed by atoms with Crippen molar-refractivity contribution in [3.63, 3.8) is 0 Å². The second-order valence-corrected chi connectivity index (χ2v) is 6.59. The molecule has 25 heavy (non-hydrogen) atoms. The number of nitrogens with one attached hydrogen (secondary N) is 1. The van der Waals surface area contributed by atoms with Crippen LogP contribution in [0.25, 0.3) is 17.0 Å². The number of carbonyl (C=O) groups is 1. The lowest BCUT2D eigenvalue weighted by molar-refractivity contribution is -0.115. The first-order valence-corrected chi connectivity index (χ1v) is 8.31. The molecule has 1 aliphatic heterocycles. The van der Waals surface area contributed by atoms with Crippen LogP contribution in [0.15, 0.2) is 34.4 Å². The second-order valence-electron chi connectivity index (χ2n) is 5.56. The van der Waals surface area contributed by atoms with E-state index in [2.05, 4.69) is 21.5 Å². The molecule has 0 bridgehead atoms. The Morgan fingerprint density at radius 3 is 2.92 bits per heavy atom. The maximum Gasteiger partial charge on any atom is 0.264 e. The minimum Gasteiger partial charge on any atom is -0.489 e. The van der Waals surface area contributed by atoms with Crippen LogP contribution in [0.3, 0.4) is 0 Å². The van der Waals surface area contributed by atoms with Crippen molar-refractivity contribution in [2.24, 2.45) is 10.9 Å². The smallest absolute Gasteiger partial charge is 0.264 e. The minimum atomic E-state index is -0.253. The van der Waals surface area contributed by atoms with Gasteiger partial charge in [0.15, 0.2) is 5.17 Å². The second kappa shape index (κ2) is 6.83. The predicted octanol–water partition coefficient (Wildman–Crippen LogP) is 2.33. The van der Waals surface area contributed by atoms with Crippen LogP contribution in [0.1, 0.15) is 25.0 Å². The van der Waals surface area contributed by atoms with Crippen molar-refractivity contribution in [2.75, 3.05) is 0 Å². The highest BCUT2D eigenvalue weighted by Gasteiger charge is 2.23. The van der Waals surface area contributed by atoms with E-state index in [0.29, 0.717) is 26.9 Å². The molecule has 3 rings (SSSR count). The van der Waals surface area contributed by atoms with E-state index in [4.69, 9.17) is 10.6 Å². The fourth-order valence-electron chi connectivity index (χ4n) is 2.36. The van der Waals surface area contributed by atoms with Crippen molar-refractivity contribution in [3.8, 4) is 11.8 Å². The number of amidine groups is 1. The number of nitrogens with zero attached hydrogens (tertiary/aromatic N) is 3. The van der Waals surface area contributed by atoms with Crippen molar-refractivity contribution in [1.82, 2.24) is 10.3 Å². The van der Waals surface area contributed by atoms with Gasteiger partial charge < -0.3 is 10.6 Å². The number of nitriles is 1. The molecule has 2 heterocycles. The zero-order chi connectivity index (χ0) is 18.0. The van der Waals surface area contributed by atoms with Gasteiger partial charge in [-0.2, -0.15) is 10.4 Å². The number of nitrogens with two attached hydrogens (primary N) is 1. The lowest BCUT2D eigenvalue weighted by Crippen LogP contribution is -2.20. The van der Waals surface area contributed by atoms with Gasteiger partial charge in [-0.1, -0.05) is 6.07 Å². The van der Waals surface area contributed by atoms with Gasteiger partial charge in [-0.05, 0) is 49.4 Å². The Morgan fingerprint density at radius 1 is 1.48 bits per heavy atom. The molecule has 1 aliphatic rings. The number of thioether (sulfide) groups is 1. The quantitative estimate of drug-likeness (QED) is 0.497. The summed E-state index contributed by atoms with van der Waals surface area (Å²) in [7, 11) is 0. The van der Waals surface area contributed by atoms with Gasteiger partial charge in [-0.25, -0.2) is 0 Å². The molecule has 0 saturated carbocycles. The van der Waals surface area contributed by atoms with Crippen LogP contribution in [-0.4, -0.2) is 22.2 Å². The molecule has 1 aromatic carbocycles. The number of fused-ring (bicyclic) bond motifs is 1. The van der Waals surface area contributed by atoms with Gasteiger partial charge in [0.2, 0.25) is 0 Å². The van der Waals surface area contributed by atoms with Crippen LogP contribution >= 0.6 is 11.8 Å². The maximum absolute atomic E-state index is 11.9. The summed E-state index contributed by atoms with van der Waals surface area (Å²) in [4.78, 5) is 16.7. The van der Waals surface area contributed by atoms with Gasteiger partial charge in [0.05, 0.1) is 16.5 Å². The number of ether oxygens (including phenoxy) is 1. The van der Waals surface area contributed by atoms with Gasteiger partial charge >= 0.3 is 0 Å². The highest BCUT2D eigenvalue weighted by Crippen LogP contribution is 2.32. The molecule has 1 fully saturated rings. The number of benzene rings is 1. The topological polar surface area (TPSA) is 113 Å². The van der Waals surface area contributed by atoms with Crippen LogP contribution in [0, 0.1) is 11.3 Å². The van der Waals surface area contributed by atoms with E-state index in [1.165, 1.54) is 18.0 Å². The fraction of sp³-hybridized carbons (Fsp3) is 0.176. The van der Waals surface area contributed by atoms with Crippen LogP contribution in [0.4, 0.5) is 0 Å². The van der Waals surface area contributed by atoms with Crippen LogP contribution in [0.2, 0.25) is 0 Å². The van der Waals surface area contributed by atoms with Crippen molar-refractivity contribution in [3.05, 3.63) is 40.4 Å². The summed E-state index contributed by atoms with van der Waals surface area (Å²) >= 11 is 1.17. The highest BCUT2D eigenvalue weighted by molar-refractivity contribution is 8.18. The monoisotopic (exact) mass is 353 g/mol. The molecule has 2 aromatic rings.